The molecule has 5 nitrogen and oxygen atoms in total. The number of aromatic nitrogens is 2. The van der Waals surface area contributed by atoms with Crippen LogP contribution in [0, 0.1) is 5.82 Å². The van der Waals surface area contributed by atoms with Gasteiger partial charge in [-0.25, -0.2) is 9.07 Å². The van der Waals surface area contributed by atoms with Crippen molar-refractivity contribution in [3.05, 3.63) is 48.0 Å². The summed E-state index contributed by atoms with van der Waals surface area (Å²) < 4.78 is 15.6. The zero-order valence-electron chi connectivity index (χ0n) is 14.7. The summed E-state index contributed by atoms with van der Waals surface area (Å²) in [5, 5.41) is 7.74. The molecule has 2 aromatic rings. The summed E-state index contributed by atoms with van der Waals surface area (Å²) in [6.45, 7) is 7.28. The molecular weight excluding hydrogens is 376 g/mol. The predicted molar refractivity (Wildman–Crippen MR) is 106 cm³/mol. The SMILES string of the molecule is Cl.Cl.Fc1ccc(-n2cccn2)c(CN2CCN(C3CCNC3)CC2)c1. The van der Waals surface area contributed by atoms with Crippen molar-refractivity contribution in [2.24, 2.45) is 0 Å². The Morgan fingerprint density at radius 2 is 1.96 bits per heavy atom. The fourth-order valence-electron chi connectivity index (χ4n) is 3.79. The van der Waals surface area contributed by atoms with E-state index in [9.17, 15) is 4.39 Å². The van der Waals surface area contributed by atoms with Gasteiger partial charge in [0.2, 0.25) is 0 Å². The lowest BCUT2D eigenvalue weighted by molar-refractivity contribution is 0.0980. The van der Waals surface area contributed by atoms with Gasteiger partial charge in [-0.15, -0.1) is 24.8 Å². The van der Waals surface area contributed by atoms with Gasteiger partial charge in [-0.3, -0.25) is 9.80 Å². The van der Waals surface area contributed by atoms with Gasteiger partial charge >= 0.3 is 0 Å². The number of benzene rings is 1. The minimum absolute atomic E-state index is 0. The van der Waals surface area contributed by atoms with Gasteiger partial charge in [-0.1, -0.05) is 0 Å². The van der Waals surface area contributed by atoms with Crippen molar-refractivity contribution in [1.82, 2.24) is 24.9 Å². The molecule has 0 amide bonds. The van der Waals surface area contributed by atoms with Crippen molar-refractivity contribution >= 4 is 24.8 Å². The Balaban J connectivity index is 0.00000121. The van der Waals surface area contributed by atoms with E-state index in [4.69, 9.17) is 0 Å². The van der Waals surface area contributed by atoms with Crippen LogP contribution in [0.5, 0.6) is 0 Å². The van der Waals surface area contributed by atoms with Crippen molar-refractivity contribution in [3.8, 4) is 5.69 Å². The van der Waals surface area contributed by atoms with Gasteiger partial charge in [0, 0.05) is 57.7 Å². The number of piperazine rings is 1. The van der Waals surface area contributed by atoms with Crippen LogP contribution in [-0.4, -0.2) is 64.9 Å². The summed E-state index contributed by atoms with van der Waals surface area (Å²) >= 11 is 0. The highest BCUT2D eigenvalue weighted by Crippen LogP contribution is 2.19. The van der Waals surface area contributed by atoms with Gasteiger partial charge in [0.15, 0.2) is 0 Å². The van der Waals surface area contributed by atoms with E-state index in [2.05, 4.69) is 20.2 Å². The van der Waals surface area contributed by atoms with E-state index in [1.807, 2.05) is 23.0 Å². The molecule has 0 aliphatic carbocycles. The molecular formula is C18H26Cl2FN5. The van der Waals surface area contributed by atoms with Crippen molar-refractivity contribution in [3.63, 3.8) is 0 Å². The number of halogens is 3. The minimum Gasteiger partial charge on any atom is -0.315 e. The Morgan fingerprint density at radius 3 is 2.62 bits per heavy atom. The number of hydrogen-bond acceptors (Lipinski definition) is 4. The van der Waals surface area contributed by atoms with E-state index in [-0.39, 0.29) is 30.6 Å². The third-order valence-corrected chi connectivity index (χ3v) is 5.14. The van der Waals surface area contributed by atoms with Gasteiger partial charge < -0.3 is 5.32 Å². The molecule has 0 bridgehead atoms. The highest BCUT2D eigenvalue weighted by Gasteiger charge is 2.26. The second-order valence-corrected chi connectivity index (χ2v) is 6.68. The molecule has 0 spiro atoms. The normalized spacial score (nSPS) is 21.2. The second kappa shape index (κ2) is 9.67. The van der Waals surface area contributed by atoms with Crippen LogP contribution in [0.1, 0.15) is 12.0 Å². The summed E-state index contributed by atoms with van der Waals surface area (Å²) in [4.78, 5) is 5.01. The maximum atomic E-state index is 13.7. The first-order valence-corrected chi connectivity index (χ1v) is 8.75. The number of hydrogen-bond donors (Lipinski definition) is 1. The number of nitrogens with one attached hydrogen (secondary N) is 1. The van der Waals surface area contributed by atoms with E-state index in [1.165, 1.54) is 12.5 Å². The monoisotopic (exact) mass is 401 g/mol. The quantitative estimate of drug-likeness (QED) is 0.852. The zero-order valence-corrected chi connectivity index (χ0v) is 16.3. The fraction of sp³-hybridized carbons (Fsp3) is 0.500. The third-order valence-electron chi connectivity index (χ3n) is 5.14. The topological polar surface area (TPSA) is 36.3 Å². The van der Waals surface area contributed by atoms with Gasteiger partial charge in [0.25, 0.3) is 0 Å². The molecule has 0 saturated carbocycles. The van der Waals surface area contributed by atoms with Crippen LogP contribution in [-0.2, 0) is 6.54 Å². The molecule has 1 atom stereocenters. The second-order valence-electron chi connectivity index (χ2n) is 6.68. The van der Waals surface area contributed by atoms with Gasteiger partial charge in [-0.05, 0) is 42.8 Å². The number of rotatable bonds is 4. The fourth-order valence-corrected chi connectivity index (χ4v) is 3.79. The molecule has 2 fully saturated rings. The molecule has 1 N–H and O–H groups in total. The molecule has 4 rings (SSSR count). The first-order valence-electron chi connectivity index (χ1n) is 8.75. The van der Waals surface area contributed by atoms with Crippen LogP contribution in [0.4, 0.5) is 4.39 Å². The highest BCUT2D eigenvalue weighted by atomic mass is 35.5. The highest BCUT2D eigenvalue weighted by molar-refractivity contribution is 5.85. The Kier molecular flexibility index (Phi) is 7.85. The van der Waals surface area contributed by atoms with Gasteiger partial charge in [0.1, 0.15) is 5.82 Å². The summed E-state index contributed by atoms with van der Waals surface area (Å²) in [5.41, 5.74) is 1.96. The molecule has 1 aromatic carbocycles. The van der Waals surface area contributed by atoms with Crippen molar-refractivity contribution in [2.75, 3.05) is 39.3 Å². The van der Waals surface area contributed by atoms with Crippen LogP contribution >= 0.6 is 24.8 Å². The third kappa shape index (κ3) is 4.75. The maximum absolute atomic E-state index is 13.7. The molecule has 2 saturated heterocycles. The summed E-state index contributed by atoms with van der Waals surface area (Å²) in [6, 6.07) is 7.55. The Bertz CT molecular complexity index is 668. The van der Waals surface area contributed by atoms with Gasteiger partial charge in [-0.2, -0.15) is 5.10 Å². The van der Waals surface area contributed by atoms with E-state index in [0.717, 1.165) is 57.1 Å². The molecule has 26 heavy (non-hydrogen) atoms. The zero-order chi connectivity index (χ0) is 16.4. The smallest absolute Gasteiger partial charge is 0.123 e. The van der Waals surface area contributed by atoms with Gasteiger partial charge in [0.05, 0.1) is 5.69 Å². The largest absolute Gasteiger partial charge is 0.315 e. The molecule has 2 aliphatic rings. The van der Waals surface area contributed by atoms with E-state index >= 15 is 0 Å². The van der Waals surface area contributed by atoms with Crippen LogP contribution in [0.3, 0.4) is 0 Å². The molecule has 2 aliphatic heterocycles. The van der Waals surface area contributed by atoms with Crippen LogP contribution in [0.15, 0.2) is 36.7 Å². The molecule has 8 heteroatoms. The lowest BCUT2D eigenvalue weighted by Gasteiger charge is -2.38. The summed E-state index contributed by atoms with van der Waals surface area (Å²) in [5.74, 6) is -0.184. The first-order chi connectivity index (χ1) is 11.8. The molecule has 0 radical (unpaired) electrons. The van der Waals surface area contributed by atoms with E-state index in [1.54, 1.807) is 12.3 Å². The van der Waals surface area contributed by atoms with E-state index in [0.29, 0.717) is 6.04 Å². The summed E-state index contributed by atoms with van der Waals surface area (Å²) in [7, 11) is 0. The predicted octanol–water partition coefficient (Wildman–Crippen LogP) is 2.33. The first kappa shape index (κ1) is 21.1. The van der Waals surface area contributed by atoms with Crippen LogP contribution in [0.25, 0.3) is 5.69 Å². The van der Waals surface area contributed by atoms with E-state index < -0.39 is 0 Å². The number of nitrogens with zero attached hydrogens (tertiary/aromatic N) is 4. The maximum Gasteiger partial charge on any atom is 0.123 e. The van der Waals surface area contributed by atoms with Crippen molar-refractivity contribution in [1.29, 1.82) is 0 Å². The average Bonchev–Trinajstić information content (AvgIpc) is 3.30. The molecule has 3 heterocycles. The van der Waals surface area contributed by atoms with Crippen molar-refractivity contribution < 1.29 is 4.39 Å². The molecule has 1 aromatic heterocycles. The Morgan fingerprint density at radius 1 is 1.15 bits per heavy atom. The standard InChI is InChI=1S/C18H24FN5.2ClH/c19-16-2-3-18(24-7-1-5-21-24)15(12-16)14-22-8-10-23(11-9-22)17-4-6-20-13-17;;/h1-3,5,7,12,17,20H,4,6,8-11,13-14H2;2*1H. The lowest BCUT2D eigenvalue weighted by Crippen LogP contribution is -2.50. The van der Waals surface area contributed by atoms with Crippen molar-refractivity contribution in [2.45, 2.75) is 19.0 Å². The Hall–Kier alpha value is -1.18. The molecule has 1 unspecified atom stereocenters. The average molecular weight is 402 g/mol. The minimum atomic E-state index is -0.184. The van der Waals surface area contributed by atoms with Crippen LogP contribution < -0.4 is 5.32 Å². The molecule has 144 valence electrons. The van der Waals surface area contributed by atoms with Crippen LogP contribution in [0.2, 0.25) is 0 Å². The lowest BCUT2D eigenvalue weighted by atomic mass is 10.1. The summed E-state index contributed by atoms with van der Waals surface area (Å²) in [6.07, 6.45) is 4.91. The Labute approximate surface area is 166 Å².